The summed E-state index contributed by atoms with van der Waals surface area (Å²) >= 11 is 1.35. The highest BCUT2D eigenvalue weighted by molar-refractivity contribution is 7.22. The molecule has 8 heteroatoms. The van der Waals surface area contributed by atoms with Crippen molar-refractivity contribution in [2.75, 3.05) is 11.5 Å². The number of hydrogen-bond acceptors (Lipinski definition) is 7. The number of hydrogen-bond donors (Lipinski definition) is 1. The van der Waals surface area contributed by atoms with E-state index in [-0.39, 0.29) is 11.3 Å². The molecule has 1 unspecified atom stereocenters. The quantitative estimate of drug-likeness (QED) is 0.114. The molecule has 0 radical (unpaired) electrons. The first-order chi connectivity index (χ1) is 18.5. The Bertz CT molecular complexity index is 1500. The number of unbranched alkanes of at least 4 members (excludes halogenated alkanes) is 3. The molecule has 1 aliphatic heterocycles. The Morgan fingerprint density at radius 1 is 1.03 bits per heavy atom. The molecule has 1 atom stereocenters. The van der Waals surface area contributed by atoms with Crippen molar-refractivity contribution < 1.29 is 19.4 Å². The van der Waals surface area contributed by atoms with Crippen LogP contribution in [0.4, 0.5) is 5.13 Å². The van der Waals surface area contributed by atoms with E-state index in [0.717, 1.165) is 28.6 Å². The molecule has 38 heavy (non-hydrogen) atoms. The summed E-state index contributed by atoms with van der Waals surface area (Å²) in [6.07, 6.45) is 7.52. The van der Waals surface area contributed by atoms with Crippen molar-refractivity contribution in [2.24, 2.45) is 0 Å². The number of thiazole rings is 1. The van der Waals surface area contributed by atoms with Crippen molar-refractivity contribution in [1.82, 2.24) is 9.97 Å². The Kier molecular flexibility index (Phi) is 7.51. The minimum Gasteiger partial charge on any atom is -0.507 e. The number of fused-ring (bicyclic) bond motifs is 1. The number of amides is 1. The lowest BCUT2D eigenvalue weighted by Gasteiger charge is -2.23. The van der Waals surface area contributed by atoms with Crippen LogP contribution in [0.3, 0.4) is 0 Å². The highest BCUT2D eigenvalue weighted by Gasteiger charge is 2.48. The third kappa shape index (κ3) is 5.04. The number of aliphatic hydroxyl groups excluding tert-OH is 1. The summed E-state index contributed by atoms with van der Waals surface area (Å²) in [6, 6.07) is 15.6. The number of carbonyl (C=O) groups is 2. The number of rotatable bonds is 9. The summed E-state index contributed by atoms with van der Waals surface area (Å²) in [6.45, 7) is 4.80. The maximum Gasteiger partial charge on any atom is 0.301 e. The number of ketones is 1. The lowest BCUT2D eigenvalue weighted by molar-refractivity contribution is -0.132. The number of nitrogens with zero attached hydrogens (tertiary/aromatic N) is 3. The number of aryl methyl sites for hydroxylation is 1. The third-order valence-corrected chi connectivity index (χ3v) is 7.62. The molecule has 5 rings (SSSR count). The topological polar surface area (TPSA) is 92.6 Å². The summed E-state index contributed by atoms with van der Waals surface area (Å²) in [4.78, 5) is 36.9. The number of ether oxygens (including phenoxy) is 1. The van der Waals surface area contributed by atoms with Crippen LogP contribution < -0.4 is 9.64 Å². The van der Waals surface area contributed by atoms with Crippen LogP contribution in [0, 0.1) is 6.92 Å². The van der Waals surface area contributed by atoms with Crippen LogP contribution in [0.5, 0.6) is 5.75 Å². The van der Waals surface area contributed by atoms with Gasteiger partial charge in [0.15, 0.2) is 5.13 Å². The molecule has 0 aliphatic carbocycles. The average Bonchev–Trinajstić information content (AvgIpc) is 3.46. The summed E-state index contributed by atoms with van der Waals surface area (Å²) in [5.41, 5.74) is 2.93. The van der Waals surface area contributed by atoms with Crippen molar-refractivity contribution in [3.05, 3.63) is 89.3 Å². The minimum absolute atomic E-state index is 0.0184. The van der Waals surface area contributed by atoms with Gasteiger partial charge in [0.25, 0.3) is 5.78 Å². The average molecular weight is 528 g/mol. The molecule has 1 aliphatic rings. The predicted molar refractivity (Wildman–Crippen MR) is 149 cm³/mol. The van der Waals surface area contributed by atoms with Crippen molar-refractivity contribution in [2.45, 2.75) is 45.6 Å². The van der Waals surface area contributed by atoms with Crippen molar-refractivity contribution in [3.63, 3.8) is 0 Å². The van der Waals surface area contributed by atoms with Crippen LogP contribution in [0.2, 0.25) is 0 Å². The molecule has 0 bridgehead atoms. The van der Waals surface area contributed by atoms with Gasteiger partial charge in [-0.3, -0.25) is 19.5 Å². The molecule has 1 amide bonds. The smallest absolute Gasteiger partial charge is 0.301 e. The molecule has 3 heterocycles. The lowest BCUT2D eigenvalue weighted by atomic mass is 9.95. The molecular weight excluding hydrogens is 498 g/mol. The van der Waals surface area contributed by atoms with Crippen LogP contribution in [0.25, 0.3) is 16.0 Å². The fraction of sp³-hybridized carbons (Fsp3) is 0.267. The lowest BCUT2D eigenvalue weighted by Crippen LogP contribution is -2.29. The van der Waals surface area contributed by atoms with Gasteiger partial charge in [-0.25, -0.2) is 4.98 Å². The standard InChI is InChI=1S/C30H29N3O4S/c1-3-4-5-6-17-37-22-10-8-20(9-11-22)26-25(27(34)21-13-15-31-16-14-21)28(35)29(36)33(26)30-32-23-12-7-19(2)18-24(23)38-30/h7-16,18,26,34H,3-6,17H2,1-2H3. The second-order valence-corrected chi connectivity index (χ2v) is 10.4. The molecule has 7 nitrogen and oxygen atoms in total. The summed E-state index contributed by atoms with van der Waals surface area (Å²) < 4.78 is 6.81. The number of benzene rings is 2. The second-order valence-electron chi connectivity index (χ2n) is 9.35. The van der Waals surface area contributed by atoms with Gasteiger partial charge < -0.3 is 9.84 Å². The van der Waals surface area contributed by atoms with Gasteiger partial charge in [0.2, 0.25) is 0 Å². The van der Waals surface area contributed by atoms with E-state index >= 15 is 0 Å². The van der Waals surface area contributed by atoms with E-state index in [0.29, 0.717) is 28.6 Å². The monoisotopic (exact) mass is 527 g/mol. The van der Waals surface area contributed by atoms with Gasteiger partial charge >= 0.3 is 5.91 Å². The second kappa shape index (κ2) is 11.1. The van der Waals surface area contributed by atoms with Gasteiger partial charge in [-0.15, -0.1) is 0 Å². The van der Waals surface area contributed by atoms with Gasteiger partial charge in [0.1, 0.15) is 11.5 Å². The first kappa shape index (κ1) is 25.6. The van der Waals surface area contributed by atoms with Crippen LogP contribution >= 0.6 is 11.3 Å². The maximum atomic E-state index is 13.4. The van der Waals surface area contributed by atoms with Gasteiger partial charge in [-0.05, 0) is 60.9 Å². The highest BCUT2D eigenvalue weighted by atomic mass is 32.1. The van der Waals surface area contributed by atoms with Crippen LogP contribution in [0.15, 0.2) is 72.6 Å². The first-order valence-electron chi connectivity index (χ1n) is 12.8. The Balaban J connectivity index is 1.55. The SMILES string of the molecule is CCCCCCOc1ccc(C2C(=C(O)c3ccncc3)C(=O)C(=O)N2c2nc3ccc(C)cc3s2)cc1. The highest BCUT2D eigenvalue weighted by Crippen LogP contribution is 2.44. The molecule has 1 N–H and O–H groups in total. The van der Waals surface area contributed by atoms with Gasteiger partial charge in [-0.1, -0.05) is 55.7 Å². The Morgan fingerprint density at radius 2 is 1.79 bits per heavy atom. The largest absolute Gasteiger partial charge is 0.507 e. The van der Waals surface area contributed by atoms with E-state index in [1.54, 1.807) is 12.1 Å². The van der Waals surface area contributed by atoms with Crippen LogP contribution in [0.1, 0.15) is 55.3 Å². The van der Waals surface area contributed by atoms with Crippen molar-refractivity contribution in [1.29, 1.82) is 0 Å². The fourth-order valence-electron chi connectivity index (χ4n) is 4.60. The summed E-state index contributed by atoms with van der Waals surface area (Å²) in [5, 5.41) is 11.6. The van der Waals surface area contributed by atoms with Crippen LogP contribution in [-0.2, 0) is 9.59 Å². The predicted octanol–water partition coefficient (Wildman–Crippen LogP) is 6.59. The van der Waals surface area contributed by atoms with Gasteiger partial charge in [0, 0.05) is 18.0 Å². The molecule has 1 saturated heterocycles. The van der Waals surface area contributed by atoms with Crippen molar-refractivity contribution >= 4 is 44.1 Å². The number of Topliss-reactive ketones (excluding diaryl/α,β-unsaturated/α-hetero) is 1. The Hall–Kier alpha value is -4.04. The Labute approximate surface area is 225 Å². The van der Waals surface area contributed by atoms with E-state index in [1.807, 2.05) is 49.4 Å². The van der Waals surface area contributed by atoms with E-state index < -0.39 is 17.7 Å². The zero-order valence-corrected chi connectivity index (χ0v) is 22.2. The van der Waals surface area contributed by atoms with E-state index in [1.165, 1.54) is 41.5 Å². The number of anilines is 1. The Morgan fingerprint density at radius 3 is 2.53 bits per heavy atom. The molecule has 2 aromatic heterocycles. The summed E-state index contributed by atoms with van der Waals surface area (Å²) in [5.74, 6) is -1.01. The molecule has 1 fully saturated rings. The molecule has 4 aromatic rings. The number of aromatic nitrogens is 2. The summed E-state index contributed by atoms with van der Waals surface area (Å²) in [7, 11) is 0. The van der Waals surface area contributed by atoms with Crippen LogP contribution in [-0.4, -0.2) is 33.4 Å². The minimum atomic E-state index is -0.844. The molecule has 0 spiro atoms. The molecule has 0 saturated carbocycles. The van der Waals surface area contributed by atoms with E-state index in [9.17, 15) is 14.7 Å². The zero-order chi connectivity index (χ0) is 26.6. The molecular formula is C30H29N3O4S. The fourth-order valence-corrected chi connectivity index (χ4v) is 5.69. The number of carbonyl (C=O) groups excluding carboxylic acids is 2. The number of aliphatic hydroxyl groups is 1. The molecule has 2 aromatic carbocycles. The van der Waals surface area contributed by atoms with E-state index in [2.05, 4.69) is 16.9 Å². The third-order valence-electron chi connectivity index (χ3n) is 6.60. The van der Waals surface area contributed by atoms with Crippen molar-refractivity contribution in [3.8, 4) is 5.75 Å². The zero-order valence-electron chi connectivity index (χ0n) is 21.4. The van der Waals surface area contributed by atoms with Gasteiger partial charge in [0.05, 0.1) is 28.4 Å². The maximum absolute atomic E-state index is 13.4. The molecule has 194 valence electrons. The number of pyridine rings is 1. The van der Waals surface area contributed by atoms with Gasteiger partial charge in [-0.2, -0.15) is 0 Å². The van der Waals surface area contributed by atoms with E-state index in [4.69, 9.17) is 4.74 Å². The normalized spacial score (nSPS) is 16.9. The first-order valence-corrected chi connectivity index (χ1v) is 13.6.